The second-order valence-electron chi connectivity index (χ2n) is 9.11. The first-order chi connectivity index (χ1) is 17.9. The maximum absolute atomic E-state index is 15.3. The first kappa shape index (κ1) is 23.0. The molecule has 188 valence electrons. The van der Waals surface area contributed by atoms with Gasteiger partial charge in [-0.05, 0) is 32.4 Å². The molecule has 0 unspecified atom stereocenters. The fourth-order valence-electron chi connectivity index (χ4n) is 4.44. The van der Waals surface area contributed by atoms with Gasteiger partial charge in [-0.2, -0.15) is 5.10 Å². The van der Waals surface area contributed by atoms with Crippen LogP contribution in [0.3, 0.4) is 0 Å². The molecular weight excluding hydrogens is 475 g/mol. The molecule has 4 aromatic heterocycles. The summed E-state index contributed by atoms with van der Waals surface area (Å²) in [4.78, 5) is 24.2. The van der Waals surface area contributed by atoms with E-state index in [1.54, 1.807) is 22.8 Å². The number of benzene rings is 1. The van der Waals surface area contributed by atoms with Crippen LogP contribution >= 0.6 is 0 Å². The molecule has 12 heteroatoms. The van der Waals surface area contributed by atoms with Crippen molar-refractivity contribution in [3.8, 4) is 11.5 Å². The van der Waals surface area contributed by atoms with Gasteiger partial charge in [0.25, 0.3) is 0 Å². The molecule has 1 saturated heterocycles. The minimum atomic E-state index is -0.488. The lowest BCUT2D eigenvalue weighted by Gasteiger charge is -2.31. The fraction of sp³-hybridized carbons (Fsp3) is 0.280. The number of anilines is 3. The van der Waals surface area contributed by atoms with Crippen molar-refractivity contribution < 1.29 is 9.13 Å². The Labute approximate surface area is 211 Å². The van der Waals surface area contributed by atoms with Gasteiger partial charge in [-0.3, -0.25) is 0 Å². The Bertz CT molecular complexity index is 1620. The van der Waals surface area contributed by atoms with E-state index < -0.39 is 5.82 Å². The van der Waals surface area contributed by atoms with Crippen LogP contribution in [0.15, 0.2) is 43.1 Å². The zero-order valence-corrected chi connectivity index (χ0v) is 20.6. The van der Waals surface area contributed by atoms with Gasteiger partial charge in [0, 0.05) is 49.6 Å². The normalized spacial score (nSPS) is 15.9. The SMILES string of the molecule is Cc1cc(Nc2ncnc3cnc(N4CCN[C@H](C)C4)nc23)c(F)cc1Oc1cc(C)n2ncnc2c1. The lowest BCUT2D eigenvalue weighted by Crippen LogP contribution is -2.49. The van der Waals surface area contributed by atoms with Crippen molar-refractivity contribution in [2.75, 3.05) is 29.9 Å². The number of hydrogen-bond acceptors (Lipinski definition) is 10. The van der Waals surface area contributed by atoms with Crippen molar-refractivity contribution in [2.24, 2.45) is 0 Å². The Morgan fingerprint density at radius 1 is 1.08 bits per heavy atom. The van der Waals surface area contributed by atoms with Crippen LogP contribution in [0.2, 0.25) is 0 Å². The lowest BCUT2D eigenvalue weighted by atomic mass is 10.2. The lowest BCUT2D eigenvalue weighted by molar-refractivity contribution is 0.472. The second-order valence-corrected chi connectivity index (χ2v) is 9.11. The predicted octanol–water partition coefficient (Wildman–Crippen LogP) is 3.55. The maximum Gasteiger partial charge on any atom is 0.226 e. The van der Waals surface area contributed by atoms with E-state index in [0.717, 1.165) is 30.9 Å². The topological polar surface area (TPSA) is 118 Å². The van der Waals surface area contributed by atoms with Gasteiger partial charge in [0.1, 0.15) is 41.0 Å². The molecule has 0 spiro atoms. The Hall–Kier alpha value is -4.45. The molecule has 0 aliphatic carbocycles. The van der Waals surface area contributed by atoms with Crippen molar-refractivity contribution in [3.05, 3.63) is 60.2 Å². The van der Waals surface area contributed by atoms with Gasteiger partial charge in [0.15, 0.2) is 11.5 Å². The summed E-state index contributed by atoms with van der Waals surface area (Å²) in [6.45, 7) is 8.32. The molecule has 5 aromatic rings. The van der Waals surface area contributed by atoms with E-state index in [1.165, 1.54) is 18.7 Å². The standard InChI is InChI=1S/C25H25FN10O/c1-14-6-19(18(26)9-21(14)37-17-7-16(3)36-22(8-17)30-13-32-36)33-24-23-20(29-12-31-24)10-28-25(34-23)35-5-4-27-15(2)11-35/h6-10,12-13,15,27H,4-5,11H2,1-3H3,(H,29,31,33)/t15-/m1/s1. The highest BCUT2D eigenvalue weighted by Gasteiger charge is 2.20. The van der Waals surface area contributed by atoms with Crippen LogP contribution in [0, 0.1) is 19.7 Å². The number of halogens is 1. The number of aromatic nitrogens is 7. The third-order valence-corrected chi connectivity index (χ3v) is 6.29. The second kappa shape index (κ2) is 9.21. The van der Waals surface area contributed by atoms with E-state index in [2.05, 4.69) is 47.5 Å². The molecular formula is C25H25FN10O. The van der Waals surface area contributed by atoms with Gasteiger partial charge in [-0.1, -0.05) is 0 Å². The van der Waals surface area contributed by atoms with E-state index in [-0.39, 0.29) is 5.69 Å². The molecule has 5 heterocycles. The quantitative estimate of drug-likeness (QED) is 0.371. The van der Waals surface area contributed by atoms with Crippen LogP contribution in [0.5, 0.6) is 11.5 Å². The van der Waals surface area contributed by atoms with Crippen molar-refractivity contribution in [1.82, 2.24) is 39.9 Å². The minimum Gasteiger partial charge on any atom is -0.457 e. The van der Waals surface area contributed by atoms with Crippen molar-refractivity contribution in [3.63, 3.8) is 0 Å². The summed E-state index contributed by atoms with van der Waals surface area (Å²) >= 11 is 0. The molecule has 2 N–H and O–H groups in total. The Kier molecular flexibility index (Phi) is 5.72. The average Bonchev–Trinajstić information content (AvgIpc) is 3.36. The number of fused-ring (bicyclic) bond motifs is 2. The summed E-state index contributed by atoms with van der Waals surface area (Å²) < 4.78 is 23.0. The predicted molar refractivity (Wildman–Crippen MR) is 137 cm³/mol. The summed E-state index contributed by atoms with van der Waals surface area (Å²) in [5.74, 6) is 1.46. The molecule has 0 radical (unpaired) electrons. The zero-order valence-electron chi connectivity index (χ0n) is 20.6. The number of pyridine rings is 1. The summed E-state index contributed by atoms with van der Waals surface area (Å²) in [7, 11) is 0. The monoisotopic (exact) mass is 500 g/mol. The fourth-order valence-corrected chi connectivity index (χ4v) is 4.44. The Morgan fingerprint density at radius 3 is 2.84 bits per heavy atom. The highest BCUT2D eigenvalue weighted by Crippen LogP contribution is 2.32. The Morgan fingerprint density at radius 2 is 1.97 bits per heavy atom. The molecule has 1 aliphatic rings. The highest BCUT2D eigenvalue weighted by atomic mass is 19.1. The molecule has 37 heavy (non-hydrogen) atoms. The number of rotatable bonds is 5. The van der Waals surface area contributed by atoms with Crippen LogP contribution in [-0.4, -0.2) is 60.2 Å². The molecule has 0 saturated carbocycles. The zero-order chi connectivity index (χ0) is 25.5. The maximum atomic E-state index is 15.3. The van der Waals surface area contributed by atoms with Gasteiger partial charge in [-0.25, -0.2) is 33.8 Å². The van der Waals surface area contributed by atoms with E-state index in [4.69, 9.17) is 9.72 Å². The average molecular weight is 501 g/mol. The number of piperazine rings is 1. The van der Waals surface area contributed by atoms with Crippen LogP contribution in [0.1, 0.15) is 18.2 Å². The minimum absolute atomic E-state index is 0.255. The summed E-state index contributed by atoms with van der Waals surface area (Å²) in [6.07, 6.45) is 4.56. The van der Waals surface area contributed by atoms with Gasteiger partial charge >= 0.3 is 0 Å². The van der Waals surface area contributed by atoms with E-state index >= 15 is 4.39 Å². The van der Waals surface area contributed by atoms with E-state index in [1.807, 2.05) is 19.9 Å². The summed E-state index contributed by atoms with van der Waals surface area (Å²) in [5.41, 5.74) is 3.59. The van der Waals surface area contributed by atoms with Crippen LogP contribution < -0.4 is 20.3 Å². The van der Waals surface area contributed by atoms with Crippen LogP contribution in [0.25, 0.3) is 16.7 Å². The Balaban J connectivity index is 1.29. The van der Waals surface area contributed by atoms with Crippen LogP contribution in [-0.2, 0) is 0 Å². The van der Waals surface area contributed by atoms with E-state index in [9.17, 15) is 0 Å². The smallest absolute Gasteiger partial charge is 0.226 e. The largest absolute Gasteiger partial charge is 0.457 e. The molecule has 11 nitrogen and oxygen atoms in total. The summed E-state index contributed by atoms with van der Waals surface area (Å²) in [5, 5.41) is 10.7. The third-order valence-electron chi connectivity index (χ3n) is 6.29. The highest BCUT2D eigenvalue weighted by molar-refractivity contribution is 5.87. The van der Waals surface area contributed by atoms with Gasteiger partial charge < -0.3 is 20.3 Å². The molecule has 0 amide bonds. The van der Waals surface area contributed by atoms with Gasteiger partial charge in [0.05, 0.1) is 11.9 Å². The van der Waals surface area contributed by atoms with Crippen molar-refractivity contribution in [1.29, 1.82) is 0 Å². The third kappa shape index (κ3) is 4.47. The molecule has 0 bridgehead atoms. The van der Waals surface area contributed by atoms with Gasteiger partial charge in [-0.15, -0.1) is 0 Å². The van der Waals surface area contributed by atoms with Crippen molar-refractivity contribution in [2.45, 2.75) is 26.8 Å². The van der Waals surface area contributed by atoms with Crippen LogP contribution in [0.4, 0.5) is 21.8 Å². The molecule has 6 rings (SSSR count). The number of hydrogen-bond donors (Lipinski definition) is 2. The van der Waals surface area contributed by atoms with Gasteiger partial charge in [0.2, 0.25) is 5.95 Å². The molecule has 1 atom stereocenters. The van der Waals surface area contributed by atoms with Crippen molar-refractivity contribution >= 4 is 34.1 Å². The molecule has 1 aromatic carbocycles. The number of nitrogens with zero attached hydrogens (tertiary/aromatic N) is 8. The van der Waals surface area contributed by atoms with E-state index in [0.29, 0.717) is 46.0 Å². The number of ether oxygens (including phenoxy) is 1. The summed E-state index contributed by atoms with van der Waals surface area (Å²) in [6, 6.07) is 6.95. The first-order valence-electron chi connectivity index (χ1n) is 12.0. The number of aryl methyl sites for hydroxylation is 2. The number of nitrogens with one attached hydrogen (secondary N) is 2. The molecule has 1 aliphatic heterocycles. The molecule has 1 fully saturated rings. The first-order valence-corrected chi connectivity index (χ1v) is 12.0.